The van der Waals surface area contributed by atoms with Gasteiger partial charge in [-0.3, -0.25) is 0 Å². The maximum atomic E-state index is 12.9. The van der Waals surface area contributed by atoms with Crippen LogP contribution in [0.15, 0.2) is 22.7 Å². The number of morpholine rings is 1. The molecule has 19 heavy (non-hydrogen) atoms. The van der Waals surface area contributed by atoms with Crippen LogP contribution in [-0.4, -0.2) is 31.4 Å². The number of ether oxygens (including phenoxy) is 2. The lowest BCUT2D eigenvalue weighted by Crippen LogP contribution is -2.51. The summed E-state index contributed by atoms with van der Waals surface area (Å²) in [5.41, 5.74) is 0.785. The Hall–Kier alpha value is -0.490. The molecular weight excluding hydrogens is 313 g/mol. The van der Waals surface area contributed by atoms with E-state index in [1.807, 2.05) is 0 Å². The fourth-order valence-electron chi connectivity index (χ4n) is 2.10. The molecule has 1 N–H and O–H groups in total. The van der Waals surface area contributed by atoms with Crippen LogP contribution in [0.25, 0.3) is 0 Å². The van der Waals surface area contributed by atoms with Gasteiger partial charge in [-0.25, -0.2) is 4.39 Å². The van der Waals surface area contributed by atoms with Crippen molar-refractivity contribution in [1.82, 2.24) is 5.32 Å². The van der Waals surface area contributed by atoms with Crippen molar-refractivity contribution in [2.24, 2.45) is 0 Å². The van der Waals surface area contributed by atoms with Crippen LogP contribution in [0, 0.1) is 5.82 Å². The van der Waals surface area contributed by atoms with Gasteiger partial charge in [0.15, 0.2) is 0 Å². The Bertz CT molecular complexity index is 439. The summed E-state index contributed by atoms with van der Waals surface area (Å²) in [6.45, 7) is 6.74. The predicted molar refractivity (Wildman–Crippen MR) is 75.6 cm³/mol. The van der Waals surface area contributed by atoms with Gasteiger partial charge in [0.25, 0.3) is 0 Å². The third-order valence-electron chi connectivity index (χ3n) is 2.98. The van der Waals surface area contributed by atoms with Crippen molar-refractivity contribution in [1.29, 1.82) is 0 Å². The third kappa shape index (κ3) is 4.53. The van der Waals surface area contributed by atoms with Crippen molar-refractivity contribution in [3.8, 4) is 0 Å². The second-order valence-electron chi connectivity index (χ2n) is 5.38. The molecule has 1 aliphatic rings. The molecule has 0 amide bonds. The Morgan fingerprint density at radius 2 is 2.32 bits per heavy atom. The Balaban J connectivity index is 1.80. The monoisotopic (exact) mass is 331 g/mol. The summed E-state index contributed by atoms with van der Waals surface area (Å²) in [6, 6.07) is 4.61. The fourth-order valence-corrected chi connectivity index (χ4v) is 2.57. The molecule has 1 aromatic rings. The first-order chi connectivity index (χ1) is 8.96. The van der Waals surface area contributed by atoms with Gasteiger partial charge in [0.05, 0.1) is 24.9 Å². The molecule has 1 aromatic carbocycles. The highest BCUT2D eigenvalue weighted by Gasteiger charge is 2.28. The first-order valence-electron chi connectivity index (χ1n) is 6.36. The van der Waals surface area contributed by atoms with E-state index in [1.165, 1.54) is 12.1 Å². The molecule has 0 radical (unpaired) electrons. The Labute approximate surface area is 121 Å². The van der Waals surface area contributed by atoms with Gasteiger partial charge in [0, 0.05) is 17.6 Å². The molecule has 0 aliphatic carbocycles. The number of rotatable bonds is 4. The molecule has 2 rings (SSSR count). The molecule has 1 fully saturated rings. The van der Waals surface area contributed by atoms with Crippen LogP contribution in [0.2, 0.25) is 0 Å². The summed E-state index contributed by atoms with van der Waals surface area (Å²) in [4.78, 5) is 0. The molecular formula is C14H19BrFNO2. The third-order valence-corrected chi connectivity index (χ3v) is 3.72. The maximum absolute atomic E-state index is 12.9. The Morgan fingerprint density at radius 3 is 3.00 bits per heavy atom. The van der Waals surface area contributed by atoms with Gasteiger partial charge in [0.1, 0.15) is 5.82 Å². The lowest BCUT2D eigenvalue weighted by Gasteiger charge is -2.36. The SMILES string of the molecule is CC1(C)CNCC(COCc2ccc(F)cc2Br)O1. The van der Waals surface area contributed by atoms with E-state index >= 15 is 0 Å². The zero-order chi connectivity index (χ0) is 13.9. The Morgan fingerprint density at radius 1 is 1.53 bits per heavy atom. The van der Waals surface area contributed by atoms with Crippen molar-refractivity contribution in [2.45, 2.75) is 32.2 Å². The minimum atomic E-state index is -0.253. The van der Waals surface area contributed by atoms with Crippen LogP contribution in [0.1, 0.15) is 19.4 Å². The standard InChI is InChI=1S/C14H19BrFNO2/c1-14(2)9-17-6-12(19-14)8-18-7-10-3-4-11(16)5-13(10)15/h3-5,12,17H,6-9H2,1-2H3. The molecule has 106 valence electrons. The number of hydrogen-bond acceptors (Lipinski definition) is 3. The van der Waals surface area contributed by atoms with E-state index < -0.39 is 0 Å². The van der Waals surface area contributed by atoms with Crippen molar-refractivity contribution in [3.63, 3.8) is 0 Å². The van der Waals surface area contributed by atoms with Crippen molar-refractivity contribution >= 4 is 15.9 Å². The van der Waals surface area contributed by atoms with Crippen molar-refractivity contribution in [3.05, 3.63) is 34.1 Å². The molecule has 1 saturated heterocycles. The molecule has 0 bridgehead atoms. The molecule has 3 nitrogen and oxygen atoms in total. The average molecular weight is 332 g/mol. The number of benzene rings is 1. The molecule has 1 aliphatic heterocycles. The topological polar surface area (TPSA) is 30.5 Å². The molecule has 0 spiro atoms. The van der Waals surface area contributed by atoms with Crippen LogP contribution in [0.3, 0.4) is 0 Å². The summed E-state index contributed by atoms with van der Waals surface area (Å²) in [6.07, 6.45) is 0.0583. The van der Waals surface area contributed by atoms with Gasteiger partial charge >= 0.3 is 0 Å². The van der Waals surface area contributed by atoms with Crippen molar-refractivity contribution < 1.29 is 13.9 Å². The number of halogens is 2. The fraction of sp³-hybridized carbons (Fsp3) is 0.571. The lowest BCUT2D eigenvalue weighted by molar-refractivity contribution is -0.122. The Kier molecular flexibility index (Phi) is 4.95. The van der Waals surface area contributed by atoms with E-state index in [2.05, 4.69) is 35.1 Å². The van der Waals surface area contributed by atoms with Gasteiger partial charge in [-0.05, 0) is 31.5 Å². The maximum Gasteiger partial charge on any atom is 0.124 e. The number of hydrogen-bond donors (Lipinski definition) is 1. The second kappa shape index (κ2) is 6.31. The van der Waals surface area contributed by atoms with Gasteiger partial charge < -0.3 is 14.8 Å². The largest absolute Gasteiger partial charge is 0.374 e. The van der Waals surface area contributed by atoms with E-state index in [-0.39, 0.29) is 17.5 Å². The van der Waals surface area contributed by atoms with E-state index in [0.717, 1.165) is 23.1 Å². The molecule has 0 aromatic heterocycles. The smallest absolute Gasteiger partial charge is 0.124 e. The minimum Gasteiger partial charge on any atom is -0.374 e. The molecule has 5 heteroatoms. The summed E-state index contributed by atoms with van der Waals surface area (Å²) in [5, 5.41) is 3.33. The van der Waals surface area contributed by atoms with Crippen LogP contribution < -0.4 is 5.32 Å². The average Bonchev–Trinajstić information content (AvgIpc) is 2.31. The van der Waals surface area contributed by atoms with E-state index in [0.29, 0.717) is 13.2 Å². The highest BCUT2D eigenvalue weighted by atomic mass is 79.9. The van der Waals surface area contributed by atoms with Gasteiger partial charge in [0.2, 0.25) is 0 Å². The zero-order valence-electron chi connectivity index (χ0n) is 11.2. The van der Waals surface area contributed by atoms with Gasteiger partial charge in [-0.2, -0.15) is 0 Å². The van der Waals surface area contributed by atoms with Gasteiger partial charge in [-0.15, -0.1) is 0 Å². The summed E-state index contributed by atoms with van der Waals surface area (Å²) >= 11 is 3.33. The van der Waals surface area contributed by atoms with E-state index in [1.54, 1.807) is 6.07 Å². The lowest BCUT2D eigenvalue weighted by atomic mass is 10.1. The van der Waals surface area contributed by atoms with Crippen LogP contribution in [0.5, 0.6) is 0 Å². The quantitative estimate of drug-likeness (QED) is 0.920. The van der Waals surface area contributed by atoms with E-state index in [9.17, 15) is 4.39 Å². The molecule has 1 heterocycles. The van der Waals surface area contributed by atoms with Crippen molar-refractivity contribution in [2.75, 3.05) is 19.7 Å². The minimum absolute atomic E-state index is 0.0583. The van der Waals surface area contributed by atoms with Crippen LogP contribution in [0.4, 0.5) is 4.39 Å². The van der Waals surface area contributed by atoms with Crippen LogP contribution in [-0.2, 0) is 16.1 Å². The summed E-state index contributed by atoms with van der Waals surface area (Å²) in [5.74, 6) is -0.253. The summed E-state index contributed by atoms with van der Waals surface area (Å²) < 4.78 is 25.2. The number of nitrogens with one attached hydrogen (secondary N) is 1. The molecule has 1 atom stereocenters. The zero-order valence-corrected chi connectivity index (χ0v) is 12.8. The second-order valence-corrected chi connectivity index (χ2v) is 6.24. The van der Waals surface area contributed by atoms with Crippen LogP contribution >= 0.6 is 15.9 Å². The highest BCUT2D eigenvalue weighted by Crippen LogP contribution is 2.20. The van der Waals surface area contributed by atoms with Gasteiger partial charge in [-0.1, -0.05) is 22.0 Å². The highest BCUT2D eigenvalue weighted by molar-refractivity contribution is 9.10. The normalized spacial score (nSPS) is 22.4. The first-order valence-corrected chi connectivity index (χ1v) is 7.16. The summed E-state index contributed by atoms with van der Waals surface area (Å²) in [7, 11) is 0. The molecule has 1 unspecified atom stereocenters. The molecule has 0 saturated carbocycles. The first kappa shape index (κ1) is 14.9. The predicted octanol–water partition coefficient (Wildman–Crippen LogP) is 2.87. The van der Waals surface area contributed by atoms with E-state index in [4.69, 9.17) is 9.47 Å².